The van der Waals surface area contributed by atoms with Crippen LogP contribution in [0.25, 0.3) is 0 Å². The molecule has 1 aromatic carbocycles. The zero-order chi connectivity index (χ0) is 12.1. The number of nitrogens with one attached hydrogen (secondary N) is 2. The minimum absolute atomic E-state index is 0.264. The van der Waals surface area contributed by atoms with Crippen molar-refractivity contribution in [2.75, 3.05) is 5.43 Å². The Balaban J connectivity index is 2.02. The molecular formula is C11H9FN4O. The van der Waals surface area contributed by atoms with E-state index >= 15 is 0 Å². The zero-order valence-electron chi connectivity index (χ0n) is 8.72. The lowest BCUT2D eigenvalue weighted by Crippen LogP contribution is -2.06. The lowest BCUT2D eigenvalue weighted by molar-refractivity contribution is 0.628. The third-order valence-electron chi connectivity index (χ3n) is 1.94. The Morgan fingerprint density at radius 1 is 1.35 bits per heavy atom. The second-order valence-corrected chi connectivity index (χ2v) is 3.22. The van der Waals surface area contributed by atoms with Gasteiger partial charge in [-0.25, -0.2) is 9.37 Å². The number of benzene rings is 1. The summed E-state index contributed by atoms with van der Waals surface area (Å²) < 4.78 is 12.6. The molecule has 0 bridgehead atoms. The number of hydrazone groups is 1. The van der Waals surface area contributed by atoms with Crippen molar-refractivity contribution in [1.82, 2.24) is 9.97 Å². The molecule has 17 heavy (non-hydrogen) atoms. The average molecular weight is 232 g/mol. The van der Waals surface area contributed by atoms with Crippen LogP contribution in [0.5, 0.6) is 0 Å². The van der Waals surface area contributed by atoms with Crippen LogP contribution in [-0.2, 0) is 0 Å². The molecule has 0 atom stereocenters. The van der Waals surface area contributed by atoms with Crippen LogP contribution in [0.1, 0.15) is 5.56 Å². The van der Waals surface area contributed by atoms with Crippen LogP contribution in [0.4, 0.5) is 10.2 Å². The van der Waals surface area contributed by atoms with E-state index in [9.17, 15) is 9.18 Å². The standard InChI is InChI=1S/C11H9FN4O/c12-9-3-1-8(2-4-9)6-15-16-10-5-11(17)14-7-13-10/h1-7H,(H2,13,14,16,17). The largest absolute Gasteiger partial charge is 0.313 e. The number of hydrogen-bond acceptors (Lipinski definition) is 4. The lowest BCUT2D eigenvalue weighted by Gasteiger charge is -1.97. The van der Waals surface area contributed by atoms with Crippen molar-refractivity contribution in [3.05, 3.63) is 58.4 Å². The second-order valence-electron chi connectivity index (χ2n) is 3.22. The molecule has 0 saturated carbocycles. The van der Waals surface area contributed by atoms with E-state index in [1.807, 2.05) is 0 Å². The van der Waals surface area contributed by atoms with Crippen LogP contribution in [0.2, 0.25) is 0 Å². The molecule has 0 spiro atoms. The first-order valence-electron chi connectivity index (χ1n) is 4.83. The molecule has 6 heteroatoms. The monoisotopic (exact) mass is 232 g/mol. The van der Waals surface area contributed by atoms with E-state index in [4.69, 9.17) is 0 Å². The number of anilines is 1. The molecule has 0 aliphatic heterocycles. The molecular weight excluding hydrogens is 223 g/mol. The summed E-state index contributed by atoms with van der Waals surface area (Å²) in [5.41, 5.74) is 3.07. The van der Waals surface area contributed by atoms with E-state index < -0.39 is 0 Å². The predicted molar refractivity (Wildman–Crippen MR) is 62.5 cm³/mol. The first-order chi connectivity index (χ1) is 8.24. The highest BCUT2D eigenvalue weighted by Crippen LogP contribution is 2.00. The molecule has 5 nitrogen and oxygen atoms in total. The summed E-state index contributed by atoms with van der Waals surface area (Å²) in [7, 11) is 0. The van der Waals surface area contributed by atoms with Gasteiger partial charge < -0.3 is 4.98 Å². The van der Waals surface area contributed by atoms with Crippen molar-refractivity contribution in [3.8, 4) is 0 Å². The van der Waals surface area contributed by atoms with Gasteiger partial charge in [-0.3, -0.25) is 10.2 Å². The van der Waals surface area contributed by atoms with Crippen molar-refractivity contribution in [3.63, 3.8) is 0 Å². The zero-order valence-corrected chi connectivity index (χ0v) is 8.72. The van der Waals surface area contributed by atoms with Crippen LogP contribution in [0, 0.1) is 5.82 Å². The highest BCUT2D eigenvalue weighted by atomic mass is 19.1. The fraction of sp³-hybridized carbons (Fsp3) is 0. The van der Waals surface area contributed by atoms with Gasteiger partial charge in [0.25, 0.3) is 5.56 Å². The van der Waals surface area contributed by atoms with Gasteiger partial charge in [-0.1, -0.05) is 12.1 Å². The van der Waals surface area contributed by atoms with Crippen molar-refractivity contribution in [2.45, 2.75) is 0 Å². The molecule has 2 aromatic rings. The molecule has 1 aromatic heterocycles. The first-order valence-corrected chi connectivity index (χ1v) is 4.83. The summed E-state index contributed by atoms with van der Waals surface area (Å²) in [5.74, 6) is 0.0403. The Labute approximate surface area is 96.0 Å². The van der Waals surface area contributed by atoms with E-state index in [0.717, 1.165) is 5.56 Å². The van der Waals surface area contributed by atoms with E-state index in [1.54, 1.807) is 12.1 Å². The van der Waals surface area contributed by atoms with Gasteiger partial charge in [-0.05, 0) is 17.7 Å². The smallest absolute Gasteiger partial charge is 0.252 e. The van der Waals surface area contributed by atoms with Crippen LogP contribution in [0.15, 0.2) is 46.6 Å². The summed E-state index contributed by atoms with van der Waals surface area (Å²) in [6.07, 6.45) is 2.78. The van der Waals surface area contributed by atoms with E-state index in [0.29, 0.717) is 5.82 Å². The maximum Gasteiger partial charge on any atom is 0.252 e. The van der Waals surface area contributed by atoms with Crippen LogP contribution >= 0.6 is 0 Å². The lowest BCUT2D eigenvalue weighted by atomic mass is 10.2. The summed E-state index contributed by atoms with van der Waals surface area (Å²) in [6, 6.07) is 7.14. The van der Waals surface area contributed by atoms with Gasteiger partial charge in [0.05, 0.1) is 12.5 Å². The van der Waals surface area contributed by atoms with E-state index in [1.165, 1.54) is 30.7 Å². The van der Waals surface area contributed by atoms with Gasteiger partial charge in [0.2, 0.25) is 0 Å². The molecule has 0 radical (unpaired) electrons. The third kappa shape index (κ3) is 3.23. The average Bonchev–Trinajstić information content (AvgIpc) is 2.32. The number of aromatic nitrogens is 2. The minimum atomic E-state index is -0.300. The van der Waals surface area contributed by atoms with Gasteiger partial charge in [-0.15, -0.1) is 0 Å². The van der Waals surface area contributed by atoms with Crippen molar-refractivity contribution in [2.24, 2.45) is 5.10 Å². The molecule has 0 unspecified atom stereocenters. The normalized spacial score (nSPS) is 10.6. The number of hydrogen-bond donors (Lipinski definition) is 2. The number of halogens is 1. The van der Waals surface area contributed by atoms with Gasteiger partial charge >= 0.3 is 0 Å². The number of aromatic amines is 1. The Morgan fingerprint density at radius 3 is 2.82 bits per heavy atom. The molecule has 86 valence electrons. The summed E-state index contributed by atoms with van der Waals surface area (Å²) in [6.45, 7) is 0. The topological polar surface area (TPSA) is 70.1 Å². The molecule has 2 N–H and O–H groups in total. The van der Waals surface area contributed by atoms with Crippen LogP contribution in [-0.4, -0.2) is 16.2 Å². The Kier molecular flexibility index (Phi) is 3.25. The van der Waals surface area contributed by atoms with E-state index in [2.05, 4.69) is 20.5 Å². The van der Waals surface area contributed by atoms with Crippen molar-refractivity contribution >= 4 is 12.0 Å². The third-order valence-corrected chi connectivity index (χ3v) is 1.94. The Bertz CT molecular complexity index is 577. The van der Waals surface area contributed by atoms with Crippen molar-refractivity contribution in [1.29, 1.82) is 0 Å². The van der Waals surface area contributed by atoms with Gasteiger partial charge in [0.15, 0.2) is 5.82 Å². The molecule has 0 aliphatic carbocycles. The maximum absolute atomic E-state index is 12.6. The minimum Gasteiger partial charge on any atom is -0.313 e. The van der Waals surface area contributed by atoms with Crippen LogP contribution < -0.4 is 11.0 Å². The number of rotatable bonds is 3. The molecule has 2 rings (SSSR count). The second kappa shape index (κ2) is 5.02. The number of nitrogens with zero attached hydrogens (tertiary/aromatic N) is 2. The highest BCUT2D eigenvalue weighted by molar-refractivity contribution is 5.79. The van der Waals surface area contributed by atoms with Crippen LogP contribution in [0.3, 0.4) is 0 Å². The van der Waals surface area contributed by atoms with Gasteiger partial charge in [-0.2, -0.15) is 5.10 Å². The molecule has 0 saturated heterocycles. The van der Waals surface area contributed by atoms with Gasteiger partial charge in [0.1, 0.15) is 5.82 Å². The van der Waals surface area contributed by atoms with E-state index in [-0.39, 0.29) is 11.4 Å². The highest BCUT2D eigenvalue weighted by Gasteiger charge is 1.92. The maximum atomic E-state index is 12.6. The fourth-order valence-electron chi connectivity index (χ4n) is 1.15. The summed E-state index contributed by atoms with van der Waals surface area (Å²) in [4.78, 5) is 17.2. The molecule has 0 amide bonds. The van der Waals surface area contributed by atoms with Crippen molar-refractivity contribution < 1.29 is 4.39 Å². The fourth-order valence-corrected chi connectivity index (χ4v) is 1.15. The SMILES string of the molecule is O=c1cc(NN=Cc2ccc(F)cc2)nc[nH]1. The molecule has 0 fully saturated rings. The molecule has 0 aliphatic rings. The molecule has 1 heterocycles. The quantitative estimate of drug-likeness (QED) is 0.620. The summed E-state index contributed by atoms with van der Waals surface area (Å²) >= 11 is 0. The summed E-state index contributed by atoms with van der Waals surface area (Å²) in [5, 5.41) is 3.87. The Hall–Kier alpha value is -2.50. The number of H-pyrrole nitrogens is 1. The van der Waals surface area contributed by atoms with Gasteiger partial charge in [0, 0.05) is 6.07 Å². The predicted octanol–water partition coefficient (Wildman–Crippen LogP) is 1.35. The first kappa shape index (κ1) is 11.0. The Morgan fingerprint density at radius 2 is 2.12 bits per heavy atom.